The van der Waals surface area contributed by atoms with Gasteiger partial charge in [-0.1, -0.05) is 0 Å². The number of hydrogen-bond donors (Lipinski definition) is 0. The van der Waals surface area contributed by atoms with Crippen LogP contribution in [-0.2, 0) is 0 Å². The molecule has 0 aromatic heterocycles. The standard InChI is InChI=1S/C13H17NO2/c1-10-9-11(16-2)5-6-12(10)13(15)14-7-3-4-8-14/h5-6,9H,3-4,7-8H2,1-2H3. The predicted molar refractivity (Wildman–Crippen MR) is 62.9 cm³/mol. The van der Waals surface area contributed by atoms with Gasteiger partial charge >= 0.3 is 0 Å². The molecule has 1 amide bonds. The number of amides is 1. The highest BCUT2D eigenvalue weighted by molar-refractivity contribution is 5.95. The van der Waals surface area contributed by atoms with Crippen LogP contribution in [0.25, 0.3) is 0 Å². The Morgan fingerprint density at radius 1 is 1.31 bits per heavy atom. The molecule has 0 bridgehead atoms. The van der Waals surface area contributed by atoms with Crippen molar-refractivity contribution in [3.05, 3.63) is 29.3 Å². The zero-order valence-electron chi connectivity index (χ0n) is 9.82. The number of methoxy groups -OCH3 is 1. The summed E-state index contributed by atoms with van der Waals surface area (Å²) in [7, 11) is 1.64. The van der Waals surface area contributed by atoms with Gasteiger partial charge in [0.15, 0.2) is 0 Å². The Morgan fingerprint density at radius 2 is 2.00 bits per heavy atom. The SMILES string of the molecule is COc1ccc(C(=O)N2CCCC2)c(C)c1. The first-order valence-corrected chi connectivity index (χ1v) is 5.66. The van der Waals surface area contributed by atoms with Crippen LogP contribution in [0.3, 0.4) is 0 Å². The van der Waals surface area contributed by atoms with Crippen molar-refractivity contribution in [1.82, 2.24) is 4.90 Å². The van der Waals surface area contributed by atoms with E-state index in [1.165, 1.54) is 0 Å². The van der Waals surface area contributed by atoms with Crippen molar-refractivity contribution in [3.63, 3.8) is 0 Å². The fourth-order valence-electron chi connectivity index (χ4n) is 2.09. The van der Waals surface area contributed by atoms with Gasteiger partial charge in [-0.2, -0.15) is 0 Å². The summed E-state index contributed by atoms with van der Waals surface area (Å²) in [4.78, 5) is 14.1. The molecule has 16 heavy (non-hydrogen) atoms. The first kappa shape index (κ1) is 11.0. The van der Waals surface area contributed by atoms with E-state index in [1.54, 1.807) is 7.11 Å². The van der Waals surface area contributed by atoms with Gasteiger partial charge in [-0.15, -0.1) is 0 Å². The largest absolute Gasteiger partial charge is 0.497 e. The summed E-state index contributed by atoms with van der Waals surface area (Å²) in [6.45, 7) is 3.74. The van der Waals surface area contributed by atoms with Gasteiger partial charge in [-0.3, -0.25) is 4.79 Å². The number of aryl methyl sites for hydroxylation is 1. The molecule has 1 saturated heterocycles. The van der Waals surface area contributed by atoms with Crippen LogP contribution in [0.5, 0.6) is 5.75 Å². The van der Waals surface area contributed by atoms with E-state index in [2.05, 4.69) is 0 Å². The highest BCUT2D eigenvalue weighted by Gasteiger charge is 2.20. The Labute approximate surface area is 96.0 Å². The normalized spacial score (nSPS) is 15.2. The zero-order chi connectivity index (χ0) is 11.5. The summed E-state index contributed by atoms with van der Waals surface area (Å²) < 4.78 is 5.13. The monoisotopic (exact) mass is 219 g/mol. The Balaban J connectivity index is 2.22. The fraction of sp³-hybridized carbons (Fsp3) is 0.462. The number of rotatable bonds is 2. The lowest BCUT2D eigenvalue weighted by atomic mass is 10.1. The molecule has 0 saturated carbocycles. The zero-order valence-corrected chi connectivity index (χ0v) is 9.82. The molecule has 86 valence electrons. The predicted octanol–water partition coefficient (Wildman–Crippen LogP) is 2.24. The summed E-state index contributed by atoms with van der Waals surface area (Å²) in [5.74, 6) is 0.952. The molecule has 0 N–H and O–H groups in total. The first-order chi connectivity index (χ1) is 7.72. The molecule has 1 fully saturated rings. The lowest BCUT2D eigenvalue weighted by molar-refractivity contribution is 0.0792. The maximum absolute atomic E-state index is 12.2. The maximum atomic E-state index is 12.2. The van der Waals surface area contributed by atoms with E-state index in [0.717, 1.165) is 42.8 Å². The minimum atomic E-state index is 0.151. The number of ether oxygens (including phenoxy) is 1. The molecule has 0 spiro atoms. The molecule has 0 atom stereocenters. The first-order valence-electron chi connectivity index (χ1n) is 5.66. The molecule has 0 radical (unpaired) electrons. The molecule has 1 aliphatic rings. The van der Waals surface area contributed by atoms with Crippen molar-refractivity contribution in [3.8, 4) is 5.75 Å². The molecular formula is C13H17NO2. The van der Waals surface area contributed by atoms with Crippen LogP contribution in [-0.4, -0.2) is 31.0 Å². The summed E-state index contributed by atoms with van der Waals surface area (Å²) in [5.41, 5.74) is 1.78. The second-order valence-corrected chi connectivity index (χ2v) is 4.18. The quantitative estimate of drug-likeness (QED) is 0.763. The van der Waals surface area contributed by atoms with Crippen LogP contribution in [0.15, 0.2) is 18.2 Å². The Morgan fingerprint density at radius 3 is 2.56 bits per heavy atom. The van der Waals surface area contributed by atoms with Crippen LogP contribution >= 0.6 is 0 Å². The number of hydrogen-bond acceptors (Lipinski definition) is 2. The second kappa shape index (κ2) is 4.56. The van der Waals surface area contributed by atoms with Gasteiger partial charge in [0.2, 0.25) is 0 Å². The van der Waals surface area contributed by atoms with Gasteiger partial charge in [0.1, 0.15) is 5.75 Å². The van der Waals surface area contributed by atoms with E-state index < -0.39 is 0 Å². The van der Waals surface area contributed by atoms with Crippen LogP contribution in [0.1, 0.15) is 28.8 Å². The summed E-state index contributed by atoms with van der Waals surface area (Å²) in [5, 5.41) is 0. The second-order valence-electron chi connectivity index (χ2n) is 4.18. The third-order valence-corrected chi connectivity index (χ3v) is 3.06. The molecule has 0 unspecified atom stereocenters. The van der Waals surface area contributed by atoms with Crippen molar-refractivity contribution in [2.45, 2.75) is 19.8 Å². The van der Waals surface area contributed by atoms with E-state index >= 15 is 0 Å². The Kier molecular flexibility index (Phi) is 3.13. The third kappa shape index (κ3) is 2.03. The molecule has 2 rings (SSSR count). The molecule has 3 nitrogen and oxygen atoms in total. The van der Waals surface area contributed by atoms with E-state index in [0.29, 0.717) is 0 Å². The van der Waals surface area contributed by atoms with Crippen LogP contribution in [0, 0.1) is 6.92 Å². The third-order valence-electron chi connectivity index (χ3n) is 3.06. The Bertz CT molecular complexity index is 395. The Hall–Kier alpha value is -1.51. The lowest BCUT2D eigenvalue weighted by Gasteiger charge is -2.16. The smallest absolute Gasteiger partial charge is 0.254 e. The van der Waals surface area contributed by atoms with Crippen molar-refractivity contribution >= 4 is 5.91 Å². The van der Waals surface area contributed by atoms with E-state index in [-0.39, 0.29) is 5.91 Å². The number of nitrogens with zero attached hydrogens (tertiary/aromatic N) is 1. The van der Waals surface area contributed by atoms with Crippen molar-refractivity contribution in [2.75, 3.05) is 20.2 Å². The summed E-state index contributed by atoms with van der Waals surface area (Å²) in [6, 6.07) is 5.61. The minimum absolute atomic E-state index is 0.151. The number of carbonyl (C=O) groups is 1. The van der Waals surface area contributed by atoms with Gasteiger partial charge < -0.3 is 9.64 Å². The molecule has 1 heterocycles. The molecule has 1 aromatic rings. The molecule has 1 aromatic carbocycles. The van der Waals surface area contributed by atoms with E-state index in [1.807, 2.05) is 30.0 Å². The molecule has 1 aliphatic heterocycles. The minimum Gasteiger partial charge on any atom is -0.497 e. The highest BCUT2D eigenvalue weighted by atomic mass is 16.5. The summed E-state index contributed by atoms with van der Waals surface area (Å²) >= 11 is 0. The van der Waals surface area contributed by atoms with Gasteiger partial charge in [-0.25, -0.2) is 0 Å². The average molecular weight is 219 g/mol. The fourth-order valence-corrected chi connectivity index (χ4v) is 2.09. The van der Waals surface area contributed by atoms with Crippen LogP contribution < -0.4 is 4.74 Å². The average Bonchev–Trinajstić information content (AvgIpc) is 2.81. The molecule has 3 heteroatoms. The number of likely N-dealkylation sites (tertiary alicyclic amines) is 1. The van der Waals surface area contributed by atoms with Crippen LogP contribution in [0.2, 0.25) is 0 Å². The van der Waals surface area contributed by atoms with Crippen molar-refractivity contribution < 1.29 is 9.53 Å². The van der Waals surface area contributed by atoms with Crippen molar-refractivity contribution in [1.29, 1.82) is 0 Å². The van der Waals surface area contributed by atoms with E-state index in [9.17, 15) is 4.79 Å². The van der Waals surface area contributed by atoms with Gasteiger partial charge in [-0.05, 0) is 43.5 Å². The highest BCUT2D eigenvalue weighted by Crippen LogP contribution is 2.20. The number of benzene rings is 1. The lowest BCUT2D eigenvalue weighted by Crippen LogP contribution is -2.28. The van der Waals surface area contributed by atoms with Gasteiger partial charge in [0, 0.05) is 18.7 Å². The van der Waals surface area contributed by atoms with Gasteiger partial charge in [0.05, 0.1) is 7.11 Å². The van der Waals surface area contributed by atoms with Gasteiger partial charge in [0.25, 0.3) is 5.91 Å². The van der Waals surface area contributed by atoms with Crippen molar-refractivity contribution in [2.24, 2.45) is 0 Å². The number of carbonyl (C=O) groups excluding carboxylic acids is 1. The summed E-state index contributed by atoms with van der Waals surface area (Å²) in [6.07, 6.45) is 2.25. The van der Waals surface area contributed by atoms with Crippen LogP contribution in [0.4, 0.5) is 0 Å². The maximum Gasteiger partial charge on any atom is 0.254 e. The topological polar surface area (TPSA) is 29.5 Å². The molecular weight excluding hydrogens is 202 g/mol. The molecule has 0 aliphatic carbocycles. The van der Waals surface area contributed by atoms with E-state index in [4.69, 9.17) is 4.74 Å².